The largest absolute Gasteiger partial charge is 0.301 e. The lowest BCUT2D eigenvalue weighted by Crippen LogP contribution is -2.43. The van der Waals surface area contributed by atoms with Crippen molar-refractivity contribution < 1.29 is 13.2 Å². The summed E-state index contributed by atoms with van der Waals surface area (Å²) in [6, 6.07) is 0. The second kappa shape index (κ2) is 2.78. The molecule has 0 aromatic rings. The number of nitrogens with zero attached hydrogens (tertiary/aromatic N) is 1. The SMILES string of the molecule is NS(=O)(=O)N1CCCCC1=O. The van der Waals surface area contributed by atoms with Crippen molar-refractivity contribution in [2.45, 2.75) is 19.3 Å². The van der Waals surface area contributed by atoms with Crippen LogP contribution in [-0.2, 0) is 15.0 Å². The third kappa shape index (κ3) is 1.90. The molecule has 11 heavy (non-hydrogen) atoms. The van der Waals surface area contributed by atoms with Gasteiger partial charge in [0.15, 0.2) is 0 Å². The molecule has 64 valence electrons. The van der Waals surface area contributed by atoms with Crippen LogP contribution in [0.3, 0.4) is 0 Å². The zero-order valence-corrected chi connectivity index (χ0v) is 6.80. The third-order valence-corrected chi connectivity index (χ3v) is 2.59. The molecule has 1 saturated heterocycles. The molecule has 0 aromatic carbocycles. The van der Waals surface area contributed by atoms with Crippen molar-refractivity contribution in [2.24, 2.45) is 5.14 Å². The first kappa shape index (κ1) is 8.48. The summed E-state index contributed by atoms with van der Waals surface area (Å²) >= 11 is 0. The summed E-state index contributed by atoms with van der Waals surface area (Å²) in [5.41, 5.74) is 0. The van der Waals surface area contributed by atoms with E-state index in [4.69, 9.17) is 5.14 Å². The summed E-state index contributed by atoms with van der Waals surface area (Å²) in [5.74, 6) is -0.390. The van der Waals surface area contributed by atoms with Crippen molar-refractivity contribution in [2.75, 3.05) is 6.54 Å². The monoisotopic (exact) mass is 178 g/mol. The number of carbonyl (C=O) groups excluding carboxylic acids is 1. The molecule has 1 heterocycles. The highest BCUT2D eigenvalue weighted by molar-refractivity contribution is 7.87. The lowest BCUT2D eigenvalue weighted by molar-refractivity contribution is -0.128. The Morgan fingerprint density at radius 2 is 2.00 bits per heavy atom. The van der Waals surface area contributed by atoms with Crippen molar-refractivity contribution in [3.63, 3.8) is 0 Å². The van der Waals surface area contributed by atoms with Crippen LogP contribution in [0.25, 0.3) is 0 Å². The molecule has 2 N–H and O–H groups in total. The van der Waals surface area contributed by atoms with E-state index in [0.29, 0.717) is 6.42 Å². The van der Waals surface area contributed by atoms with E-state index in [1.165, 1.54) is 0 Å². The van der Waals surface area contributed by atoms with Gasteiger partial charge in [-0.1, -0.05) is 0 Å². The van der Waals surface area contributed by atoms with E-state index in [-0.39, 0.29) is 13.0 Å². The maximum absolute atomic E-state index is 10.9. The van der Waals surface area contributed by atoms with Crippen LogP contribution in [0.15, 0.2) is 0 Å². The second-order valence-electron chi connectivity index (χ2n) is 2.47. The molecular weight excluding hydrogens is 168 g/mol. The molecular formula is C5H10N2O3S. The number of nitrogens with two attached hydrogens (primary N) is 1. The molecule has 0 bridgehead atoms. The normalized spacial score (nSPS) is 20.5. The highest BCUT2D eigenvalue weighted by Gasteiger charge is 2.25. The van der Waals surface area contributed by atoms with Crippen LogP contribution >= 0.6 is 0 Å². The van der Waals surface area contributed by atoms with Gasteiger partial charge in [0, 0.05) is 13.0 Å². The van der Waals surface area contributed by atoms with E-state index in [9.17, 15) is 13.2 Å². The van der Waals surface area contributed by atoms with E-state index in [1.54, 1.807) is 0 Å². The number of amides is 1. The average Bonchev–Trinajstić information content (AvgIpc) is 1.86. The van der Waals surface area contributed by atoms with Crippen molar-refractivity contribution in [1.82, 2.24) is 4.31 Å². The molecule has 0 radical (unpaired) electrons. The second-order valence-corrected chi connectivity index (χ2v) is 3.94. The van der Waals surface area contributed by atoms with Gasteiger partial charge in [-0.15, -0.1) is 0 Å². The van der Waals surface area contributed by atoms with E-state index in [0.717, 1.165) is 10.7 Å². The van der Waals surface area contributed by atoms with E-state index in [1.807, 2.05) is 0 Å². The van der Waals surface area contributed by atoms with Gasteiger partial charge < -0.3 is 0 Å². The molecule has 5 nitrogen and oxygen atoms in total. The fourth-order valence-electron chi connectivity index (χ4n) is 1.05. The van der Waals surface area contributed by atoms with Crippen LogP contribution in [-0.4, -0.2) is 25.2 Å². The maximum Gasteiger partial charge on any atom is 0.301 e. The molecule has 1 aliphatic heterocycles. The Morgan fingerprint density at radius 1 is 1.36 bits per heavy atom. The quantitative estimate of drug-likeness (QED) is 0.571. The van der Waals surface area contributed by atoms with Crippen LogP contribution < -0.4 is 5.14 Å². The van der Waals surface area contributed by atoms with Gasteiger partial charge in [0.05, 0.1) is 0 Å². The molecule has 0 saturated carbocycles. The van der Waals surface area contributed by atoms with Gasteiger partial charge in [0.25, 0.3) is 0 Å². The predicted molar refractivity (Wildman–Crippen MR) is 38.7 cm³/mol. The Labute approximate surface area is 65.4 Å². The minimum Gasteiger partial charge on any atom is -0.274 e. The fraction of sp³-hybridized carbons (Fsp3) is 0.800. The molecule has 0 atom stereocenters. The van der Waals surface area contributed by atoms with E-state index in [2.05, 4.69) is 0 Å². The van der Waals surface area contributed by atoms with Crippen LogP contribution in [0.1, 0.15) is 19.3 Å². The molecule has 1 fully saturated rings. The van der Waals surface area contributed by atoms with E-state index < -0.39 is 16.1 Å². The zero-order chi connectivity index (χ0) is 8.48. The first-order valence-electron chi connectivity index (χ1n) is 3.35. The molecule has 1 aliphatic rings. The maximum atomic E-state index is 10.9. The summed E-state index contributed by atoms with van der Waals surface area (Å²) in [6.07, 6.45) is 1.75. The third-order valence-electron chi connectivity index (χ3n) is 1.59. The van der Waals surface area contributed by atoms with Crippen molar-refractivity contribution in [3.8, 4) is 0 Å². The minimum atomic E-state index is -3.79. The van der Waals surface area contributed by atoms with Crippen molar-refractivity contribution in [3.05, 3.63) is 0 Å². The molecule has 6 heteroatoms. The molecule has 1 rings (SSSR count). The Bertz CT molecular complexity index is 259. The fourth-order valence-corrected chi connectivity index (χ4v) is 1.81. The van der Waals surface area contributed by atoms with Crippen LogP contribution in [0.2, 0.25) is 0 Å². The highest BCUT2D eigenvalue weighted by atomic mass is 32.2. The Morgan fingerprint density at radius 3 is 2.36 bits per heavy atom. The number of piperidine rings is 1. The molecule has 0 unspecified atom stereocenters. The summed E-state index contributed by atoms with van der Waals surface area (Å²) in [6.45, 7) is 0.234. The van der Waals surface area contributed by atoms with Gasteiger partial charge in [0.1, 0.15) is 0 Å². The van der Waals surface area contributed by atoms with Gasteiger partial charge in [0.2, 0.25) is 5.91 Å². The standard InChI is InChI=1S/C5H10N2O3S/c6-11(9,10)7-4-2-1-3-5(7)8/h1-4H2,(H2,6,9,10). The van der Waals surface area contributed by atoms with Gasteiger partial charge >= 0.3 is 10.2 Å². The van der Waals surface area contributed by atoms with Crippen LogP contribution in [0, 0.1) is 0 Å². The summed E-state index contributed by atoms with van der Waals surface area (Å²) in [4.78, 5) is 10.9. The van der Waals surface area contributed by atoms with Crippen LogP contribution in [0.5, 0.6) is 0 Å². The topological polar surface area (TPSA) is 80.5 Å². The zero-order valence-electron chi connectivity index (χ0n) is 5.99. The average molecular weight is 178 g/mol. The highest BCUT2D eigenvalue weighted by Crippen LogP contribution is 2.11. The number of rotatable bonds is 1. The van der Waals surface area contributed by atoms with Gasteiger partial charge in [-0.25, -0.2) is 9.44 Å². The molecule has 0 aromatic heterocycles. The van der Waals surface area contributed by atoms with Crippen molar-refractivity contribution in [1.29, 1.82) is 0 Å². The summed E-state index contributed by atoms with van der Waals surface area (Å²) < 4.78 is 22.1. The Hall–Kier alpha value is -0.620. The number of hydrogen-bond donors (Lipinski definition) is 1. The lowest BCUT2D eigenvalue weighted by atomic mass is 10.2. The predicted octanol–water partition coefficient (Wildman–Crippen LogP) is -0.798. The Kier molecular flexibility index (Phi) is 2.15. The number of carbonyl (C=O) groups is 1. The summed E-state index contributed by atoms with van der Waals surface area (Å²) in [5, 5.41) is 4.78. The molecule has 0 aliphatic carbocycles. The number of hydrogen-bond acceptors (Lipinski definition) is 3. The lowest BCUT2D eigenvalue weighted by Gasteiger charge is -2.23. The molecule has 1 amide bonds. The van der Waals surface area contributed by atoms with Gasteiger partial charge in [-0.2, -0.15) is 8.42 Å². The Balaban J connectivity index is 2.78. The smallest absolute Gasteiger partial charge is 0.274 e. The first-order chi connectivity index (χ1) is 5.02. The summed E-state index contributed by atoms with van der Waals surface area (Å²) in [7, 11) is -3.79. The van der Waals surface area contributed by atoms with Crippen molar-refractivity contribution >= 4 is 16.1 Å². The molecule has 0 spiro atoms. The van der Waals surface area contributed by atoms with E-state index >= 15 is 0 Å². The van der Waals surface area contributed by atoms with Gasteiger partial charge in [-0.3, -0.25) is 4.79 Å². The van der Waals surface area contributed by atoms with Gasteiger partial charge in [-0.05, 0) is 12.8 Å². The first-order valence-corrected chi connectivity index (χ1v) is 4.85. The van der Waals surface area contributed by atoms with Crippen LogP contribution in [0.4, 0.5) is 0 Å². The minimum absolute atomic E-state index is 0.234.